The van der Waals surface area contributed by atoms with Gasteiger partial charge in [0.1, 0.15) is 0 Å². The zero-order valence-electron chi connectivity index (χ0n) is 15.2. The summed E-state index contributed by atoms with van der Waals surface area (Å²) in [4.78, 5) is 14.3. The second-order valence-electron chi connectivity index (χ2n) is 6.32. The fourth-order valence-electron chi connectivity index (χ4n) is 2.98. The van der Waals surface area contributed by atoms with Crippen molar-refractivity contribution in [2.24, 2.45) is 5.92 Å². The van der Waals surface area contributed by atoms with Gasteiger partial charge in [-0.25, -0.2) is 0 Å². The SMILES string of the molecule is COc1ccc(-c2nnc(SCC(=O)N3CCCC(C)C3)o2)cc1OC. The summed E-state index contributed by atoms with van der Waals surface area (Å²) >= 11 is 1.27. The van der Waals surface area contributed by atoms with Crippen molar-refractivity contribution in [3.63, 3.8) is 0 Å². The molecule has 1 saturated heterocycles. The maximum Gasteiger partial charge on any atom is 0.277 e. The third-order valence-electron chi connectivity index (χ3n) is 4.37. The summed E-state index contributed by atoms with van der Waals surface area (Å²) in [5.41, 5.74) is 0.734. The number of nitrogens with zero attached hydrogens (tertiary/aromatic N) is 3. The Labute approximate surface area is 157 Å². The summed E-state index contributed by atoms with van der Waals surface area (Å²) in [6.07, 6.45) is 2.26. The van der Waals surface area contributed by atoms with Crippen molar-refractivity contribution in [1.29, 1.82) is 0 Å². The summed E-state index contributed by atoms with van der Waals surface area (Å²) in [5.74, 6) is 2.59. The molecule has 0 spiro atoms. The predicted molar refractivity (Wildman–Crippen MR) is 98.5 cm³/mol. The first-order valence-electron chi connectivity index (χ1n) is 8.57. The number of aromatic nitrogens is 2. The van der Waals surface area contributed by atoms with Gasteiger partial charge in [-0.2, -0.15) is 0 Å². The van der Waals surface area contributed by atoms with Gasteiger partial charge >= 0.3 is 0 Å². The van der Waals surface area contributed by atoms with Crippen molar-refractivity contribution >= 4 is 17.7 Å². The molecule has 1 unspecified atom stereocenters. The first kappa shape index (κ1) is 18.6. The van der Waals surface area contributed by atoms with Crippen LogP contribution in [-0.2, 0) is 4.79 Å². The van der Waals surface area contributed by atoms with Crippen molar-refractivity contribution in [3.8, 4) is 23.0 Å². The van der Waals surface area contributed by atoms with E-state index >= 15 is 0 Å². The average Bonchev–Trinajstić information content (AvgIpc) is 3.14. The van der Waals surface area contributed by atoms with E-state index in [4.69, 9.17) is 13.9 Å². The van der Waals surface area contributed by atoms with Crippen LogP contribution in [0.5, 0.6) is 11.5 Å². The largest absolute Gasteiger partial charge is 0.493 e. The van der Waals surface area contributed by atoms with Gasteiger partial charge in [0.15, 0.2) is 11.5 Å². The Morgan fingerprint density at radius 1 is 1.31 bits per heavy atom. The molecule has 1 aliphatic rings. The normalized spacial score (nSPS) is 17.2. The minimum atomic E-state index is 0.118. The lowest BCUT2D eigenvalue weighted by molar-refractivity contribution is -0.130. The lowest BCUT2D eigenvalue weighted by atomic mass is 10.0. The summed E-state index contributed by atoms with van der Waals surface area (Å²) in [6, 6.07) is 5.39. The van der Waals surface area contributed by atoms with Gasteiger partial charge < -0.3 is 18.8 Å². The molecule has 7 nitrogen and oxygen atoms in total. The molecule has 3 rings (SSSR count). The fraction of sp³-hybridized carbons (Fsp3) is 0.500. The van der Waals surface area contributed by atoms with Crippen molar-refractivity contribution in [2.45, 2.75) is 25.0 Å². The number of ether oxygens (including phenoxy) is 2. The number of carbonyl (C=O) groups excluding carboxylic acids is 1. The van der Waals surface area contributed by atoms with E-state index in [0.717, 1.165) is 25.1 Å². The molecule has 0 bridgehead atoms. The van der Waals surface area contributed by atoms with Gasteiger partial charge in [-0.05, 0) is 37.0 Å². The van der Waals surface area contributed by atoms with Crippen LogP contribution < -0.4 is 9.47 Å². The number of thioether (sulfide) groups is 1. The van der Waals surface area contributed by atoms with Crippen molar-refractivity contribution in [1.82, 2.24) is 15.1 Å². The fourth-order valence-corrected chi connectivity index (χ4v) is 3.65. The molecule has 1 fully saturated rings. The van der Waals surface area contributed by atoms with Gasteiger partial charge in [0.05, 0.1) is 20.0 Å². The molecule has 1 amide bonds. The second-order valence-corrected chi connectivity index (χ2v) is 7.25. The number of methoxy groups -OCH3 is 2. The molecule has 1 aromatic carbocycles. The summed E-state index contributed by atoms with van der Waals surface area (Å²) in [7, 11) is 3.16. The van der Waals surface area contributed by atoms with E-state index in [-0.39, 0.29) is 5.91 Å². The van der Waals surface area contributed by atoms with Crippen LogP contribution in [0.25, 0.3) is 11.5 Å². The van der Waals surface area contributed by atoms with Crippen LogP contribution in [0.1, 0.15) is 19.8 Å². The standard InChI is InChI=1S/C18H23N3O4S/c1-12-5-4-8-21(10-12)16(22)11-26-18-20-19-17(25-18)13-6-7-14(23-2)15(9-13)24-3/h6-7,9,12H,4-5,8,10-11H2,1-3H3. The number of carbonyl (C=O) groups is 1. The lowest BCUT2D eigenvalue weighted by Crippen LogP contribution is -2.40. The van der Waals surface area contributed by atoms with Crippen molar-refractivity contribution in [3.05, 3.63) is 18.2 Å². The minimum Gasteiger partial charge on any atom is -0.493 e. The highest BCUT2D eigenvalue weighted by Gasteiger charge is 2.21. The predicted octanol–water partition coefficient (Wildman–Crippen LogP) is 3.10. The Morgan fingerprint density at radius 3 is 2.85 bits per heavy atom. The number of piperidine rings is 1. The Hall–Kier alpha value is -2.22. The van der Waals surface area contributed by atoms with Gasteiger partial charge in [-0.1, -0.05) is 18.7 Å². The molecule has 1 atom stereocenters. The zero-order valence-corrected chi connectivity index (χ0v) is 16.0. The zero-order chi connectivity index (χ0) is 18.5. The lowest BCUT2D eigenvalue weighted by Gasteiger charge is -2.30. The van der Waals surface area contributed by atoms with Gasteiger partial charge in [0.2, 0.25) is 11.8 Å². The molecule has 2 aromatic rings. The third-order valence-corrected chi connectivity index (χ3v) is 5.17. The molecule has 0 radical (unpaired) electrons. The first-order chi connectivity index (χ1) is 12.6. The highest BCUT2D eigenvalue weighted by molar-refractivity contribution is 7.99. The number of likely N-dealkylation sites (tertiary alicyclic amines) is 1. The van der Waals surface area contributed by atoms with E-state index in [2.05, 4.69) is 17.1 Å². The molecule has 26 heavy (non-hydrogen) atoms. The van der Waals surface area contributed by atoms with Crippen LogP contribution in [0, 0.1) is 5.92 Å². The van der Waals surface area contributed by atoms with Crippen molar-refractivity contribution in [2.75, 3.05) is 33.1 Å². The third kappa shape index (κ3) is 4.30. The van der Waals surface area contributed by atoms with E-state index < -0.39 is 0 Å². The molecule has 1 aliphatic heterocycles. The Bertz CT molecular complexity index is 765. The van der Waals surface area contributed by atoms with Gasteiger partial charge in [-0.3, -0.25) is 4.79 Å². The van der Waals surface area contributed by atoms with Crippen LogP contribution in [0.4, 0.5) is 0 Å². The Balaban J connectivity index is 1.62. The first-order valence-corrected chi connectivity index (χ1v) is 9.55. The number of amides is 1. The molecule has 0 aliphatic carbocycles. The van der Waals surface area contributed by atoms with Crippen LogP contribution in [0.15, 0.2) is 27.8 Å². The summed E-state index contributed by atoms with van der Waals surface area (Å²) < 4.78 is 16.2. The van der Waals surface area contributed by atoms with E-state index in [1.165, 1.54) is 18.2 Å². The van der Waals surface area contributed by atoms with Crippen LogP contribution in [-0.4, -0.2) is 54.1 Å². The number of hydrogen-bond donors (Lipinski definition) is 0. The Morgan fingerprint density at radius 2 is 2.12 bits per heavy atom. The topological polar surface area (TPSA) is 77.7 Å². The van der Waals surface area contributed by atoms with E-state index in [1.807, 2.05) is 11.0 Å². The average molecular weight is 377 g/mol. The maximum atomic E-state index is 12.3. The monoisotopic (exact) mass is 377 g/mol. The Kier molecular flexibility index (Phi) is 6.03. The summed E-state index contributed by atoms with van der Waals surface area (Å²) in [5, 5.41) is 8.47. The van der Waals surface area contributed by atoms with E-state index in [9.17, 15) is 4.79 Å². The van der Waals surface area contributed by atoms with Crippen LogP contribution in [0.2, 0.25) is 0 Å². The highest BCUT2D eigenvalue weighted by atomic mass is 32.2. The number of benzene rings is 1. The molecular weight excluding hydrogens is 354 g/mol. The van der Waals surface area contributed by atoms with Crippen molar-refractivity contribution < 1.29 is 18.7 Å². The highest BCUT2D eigenvalue weighted by Crippen LogP contribution is 2.32. The van der Waals surface area contributed by atoms with Gasteiger partial charge in [0.25, 0.3) is 5.22 Å². The van der Waals surface area contributed by atoms with E-state index in [0.29, 0.717) is 34.3 Å². The second kappa shape index (κ2) is 8.44. The van der Waals surface area contributed by atoms with E-state index in [1.54, 1.807) is 26.4 Å². The van der Waals surface area contributed by atoms with Crippen LogP contribution >= 0.6 is 11.8 Å². The smallest absolute Gasteiger partial charge is 0.277 e. The maximum absolute atomic E-state index is 12.3. The number of hydrogen-bond acceptors (Lipinski definition) is 7. The number of rotatable bonds is 6. The van der Waals surface area contributed by atoms with Gasteiger partial charge in [-0.15, -0.1) is 10.2 Å². The summed E-state index contributed by atoms with van der Waals surface area (Å²) in [6.45, 7) is 3.85. The molecule has 8 heteroatoms. The van der Waals surface area contributed by atoms with Crippen LogP contribution in [0.3, 0.4) is 0 Å². The minimum absolute atomic E-state index is 0.118. The molecule has 0 N–H and O–H groups in total. The molecule has 2 heterocycles. The molecule has 1 aromatic heterocycles. The quantitative estimate of drug-likeness (QED) is 0.716. The molecule has 140 valence electrons. The van der Waals surface area contributed by atoms with Gasteiger partial charge in [0, 0.05) is 18.7 Å². The molecular formula is C18H23N3O4S. The molecule has 0 saturated carbocycles.